The van der Waals surface area contributed by atoms with E-state index in [4.69, 9.17) is 6.57 Å². The van der Waals surface area contributed by atoms with Gasteiger partial charge in [0, 0.05) is 6.54 Å². The number of hydrogen-bond donors (Lipinski definition) is 0. The molecule has 8 nitrogen and oxygen atoms in total. The van der Waals surface area contributed by atoms with Gasteiger partial charge in [0.05, 0.1) is 30.7 Å². The molecular formula is C16H16F3N3O5S. The van der Waals surface area contributed by atoms with Crippen molar-refractivity contribution in [1.82, 2.24) is 4.90 Å². The van der Waals surface area contributed by atoms with Crippen LogP contribution >= 0.6 is 0 Å². The molecular weight excluding hydrogens is 403 g/mol. The molecule has 1 aromatic carbocycles. The highest BCUT2D eigenvalue weighted by Gasteiger charge is 2.52. The van der Waals surface area contributed by atoms with Crippen LogP contribution in [-0.4, -0.2) is 50.2 Å². The number of halogens is 3. The van der Waals surface area contributed by atoms with Crippen molar-refractivity contribution >= 4 is 33.4 Å². The van der Waals surface area contributed by atoms with E-state index in [2.05, 4.69) is 9.03 Å². The van der Waals surface area contributed by atoms with E-state index >= 15 is 0 Å². The molecule has 0 unspecified atom stereocenters. The fourth-order valence-corrected chi connectivity index (χ4v) is 3.08. The van der Waals surface area contributed by atoms with Crippen molar-refractivity contribution < 1.29 is 35.4 Å². The maximum Gasteiger partial charge on any atom is 0.407 e. The summed E-state index contributed by atoms with van der Waals surface area (Å²) < 4.78 is 66.2. The zero-order chi connectivity index (χ0) is 21.5. The van der Waals surface area contributed by atoms with Crippen molar-refractivity contribution in [2.75, 3.05) is 24.3 Å². The fraction of sp³-hybridized carbons (Fsp3) is 0.438. The standard InChI is InChI=1S/C16H16F3N3O5S/c1-15(2)13(23)22(14(24)21(15)7-8-27-28(4,25)26)10-5-6-12(20-3)11(9-10)16(17,18)19/h5-6,9H,7-8H2,1-2,4H3. The average Bonchev–Trinajstić information content (AvgIpc) is 2.72. The van der Waals surface area contributed by atoms with Crippen LogP contribution in [0.1, 0.15) is 19.4 Å². The van der Waals surface area contributed by atoms with E-state index in [0.717, 1.165) is 23.3 Å². The molecule has 0 radical (unpaired) electrons. The van der Waals surface area contributed by atoms with E-state index in [9.17, 15) is 31.2 Å². The van der Waals surface area contributed by atoms with Crippen molar-refractivity contribution in [2.45, 2.75) is 25.6 Å². The molecule has 3 amide bonds. The van der Waals surface area contributed by atoms with Crippen LogP contribution in [0.2, 0.25) is 0 Å². The Morgan fingerprint density at radius 2 is 1.86 bits per heavy atom. The molecule has 0 N–H and O–H groups in total. The lowest BCUT2D eigenvalue weighted by molar-refractivity contribution is -0.136. The molecule has 1 saturated heterocycles. The molecule has 1 fully saturated rings. The number of carbonyl (C=O) groups is 2. The maximum atomic E-state index is 13.2. The third-order valence-corrected chi connectivity index (χ3v) is 4.69. The van der Waals surface area contributed by atoms with Gasteiger partial charge in [-0.05, 0) is 26.0 Å². The summed E-state index contributed by atoms with van der Waals surface area (Å²) in [7, 11) is -3.77. The van der Waals surface area contributed by atoms with Gasteiger partial charge in [-0.15, -0.1) is 0 Å². The van der Waals surface area contributed by atoms with E-state index in [1.165, 1.54) is 13.8 Å². The first kappa shape index (κ1) is 21.6. The SMILES string of the molecule is [C-]#[N+]c1ccc(N2C(=O)N(CCOS(C)(=O)=O)C(C)(C)C2=O)cc1C(F)(F)F. The zero-order valence-electron chi connectivity index (χ0n) is 15.1. The number of alkyl halides is 3. The van der Waals surface area contributed by atoms with Crippen molar-refractivity contribution in [1.29, 1.82) is 0 Å². The van der Waals surface area contributed by atoms with Crippen molar-refractivity contribution in [2.24, 2.45) is 0 Å². The van der Waals surface area contributed by atoms with Gasteiger partial charge < -0.3 is 4.90 Å². The van der Waals surface area contributed by atoms with E-state index in [-0.39, 0.29) is 12.2 Å². The second-order valence-electron chi connectivity index (χ2n) is 6.47. The highest BCUT2D eigenvalue weighted by molar-refractivity contribution is 7.85. The molecule has 0 spiro atoms. The van der Waals surface area contributed by atoms with Gasteiger partial charge in [0.25, 0.3) is 16.0 Å². The number of amides is 3. The summed E-state index contributed by atoms with van der Waals surface area (Å²) in [4.78, 5) is 29.8. The molecule has 1 aliphatic heterocycles. The molecule has 2 rings (SSSR count). The molecule has 1 heterocycles. The largest absolute Gasteiger partial charge is 0.407 e. The number of carbonyl (C=O) groups excluding carboxylic acids is 2. The van der Waals surface area contributed by atoms with Crippen molar-refractivity contribution in [3.63, 3.8) is 0 Å². The highest BCUT2D eigenvalue weighted by Crippen LogP contribution is 2.40. The third-order valence-electron chi connectivity index (χ3n) is 4.10. The predicted octanol–water partition coefficient (Wildman–Crippen LogP) is 2.78. The number of rotatable bonds is 5. The summed E-state index contributed by atoms with van der Waals surface area (Å²) >= 11 is 0. The van der Waals surface area contributed by atoms with Crippen LogP contribution in [0.25, 0.3) is 4.85 Å². The summed E-state index contributed by atoms with van der Waals surface area (Å²) in [6, 6.07) is 1.60. The minimum absolute atomic E-state index is 0.270. The average molecular weight is 419 g/mol. The molecule has 0 aliphatic carbocycles. The summed E-state index contributed by atoms with van der Waals surface area (Å²) in [5.41, 5.74) is -3.70. The molecule has 0 aromatic heterocycles. The van der Waals surface area contributed by atoms with Crippen molar-refractivity contribution in [3.8, 4) is 0 Å². The number of nitrogens with zero attached hydrogens (tertiary/aromatic N) is 3. The number of urea groups is 1. The third kappa shape index (κ3) is 4.10. The fourth-order valence-electron chi connectivity index (χ4n) is 2.71. The van der Waals surface area contributed by atoms with Gasteiger partial charge in [-0.3, -0.25) is 8.98 Å². The summed E-state index contributed by atoms with van der Waals surface area (Å²) in [6.07, 6.45) is -4.03. The minimum atomic E-state index is -4.85. The Balaban J connectivity index is 2.41. The second-order valence-corrected chi connectivity index (χ2v) is 8.11. The number of anilines is 1. The van der Waals surface area contributed by atoms with Gasteiger partial charge in [-0.25, -0.2) is 14.5 Å². The number of benzene rings is 1. The van der Waals surface area contributed by atoms with E-state index in [1.54, 1.807) is 0 Å². The van der Waals surface area contributed by atoms with Crippen LogP contribution in [0.3, 0.4) is 0 Å². The van der Waals surface area contributed by atoms with Crippen LogP contribution in [0.4, 0.5) is 29.3 Å². The second kappa shape index (κ2) is 7.06. The normalized spacial score (nSPS) is 17.2. The molecule has 1 aliphatic rings. The molecule has 12 heteroatoms. The smallest absolute Gasteiger partial charge is 0.307 e. The Morgan fingerprint density at radius 1 is 1.25 bits per heavy atom. The number of hydrogen-bond acceptors (Lipinski definition) is 5. The topological polar surface area (TPSA) is 88.3 Å². The predicted molar refractivity (Wildman–Crippen MR) is 92.2 cm³/mol. The monoisotopic (exact) mass is 419 g/mol. The minimum Gasteiger partial charge on any atom is -0.307 e. The van der Waals surface area contributed by atoms with E-state index < -0.39 is 51.6 Å². The van der Waals surface area contributed by atoms with Gasteiger partial charge in [-0.1, -0.05) is 6.07 Å². The molecule has 1 aromatic rings. The van der Waals surface area contributed by atoms with E-state index in [1.807, 2.05) is 0 Å². The van der Waals surface area contributed by atoms with Crippen LogP contribution in [0, 0.1) is 6.57 Å². The Kier molecular flexibility index (Phi) is 5.46. The first-order chi connectivity index (χ1) is 12.7. The molecule has 0 bridgehead atoms. The quantitative estimate of drug-likeness (QED) is 0.416. The van der Waals surface area contributed by atoms with Crippen LogP contribution in [0.5, 0.6) is 0 Å². The van der Waals surface area contributed by atoms with E-state index in [0.29, 0.717) is 11.0 Å². The van der Waals surface area contributed by atoms with Gasteiger partial charge in [-0.2, -0.15) is 21.6 Å². The first-order valence-electron chi connectivity index (χ1n) is 7.79. The summed E-state index contributed by atoms with van der Waals surface area (Å²) in [5, 5.41) is 0. The van der Waals surface area contributed by atoms with Gasteiger partial charge in [0.1, 0.15) is 5.54 Å². The molecule has 0 atom stereocenters. The molecule has 0 saturated carbocycles. The first-order valence-corrected chi connectivity index (χ1v) is 9.61. The van der Waals surface area contributed by atoms with Gasteiger partial charge in [0.15, 0.2) is 5.69 Å². The Labute approximate surface area is 159 Å². The maximum absolute atomic E-state index is 13.2. The van der Waals surface area contributed by atoms with Crippen LogP contribution < -0.4 is 4.90 Å². The summed E-state index contributed by atoms with van der Waals surface area (Å²) in [5.74, 6) is -0.791. The number of imide groups is 1. The summed E-state index contributed by atoms with van der Waals surface area (Å²) in [6.45, 7) is 8.93. The molecule has 152 valence electrons. The van der Waals surface area contributed by atoms with Crippen LogP contribution in [0.15, 0.2) is 18.2 Å². The Morgan fingerprint density at radius 3 is 2.36 bits per heavy atom. The van der Waals surface area contributed by atoms with Crippen LogP contribution in [-0.2, 0) is 25.3 Å². The lowest BCUT2D eigenvalue weighted by Gasteiger charge is -2.27. The zero-order valence-corrected chi connectivity index (χ0v) is 15.9. The van der Waals surface area contributed by atoms with Gasteiger partial charge >= 0.3 is 12.2 Å². The lowest BCUT2D eigenvalue weighted by atomic mass is 10.0. The molecule has 28 heavy (non-hydrogen) atoms. The highest BCUT2D eigenvalue weighted by atomic mass is 32.2. The Bertz CT molecular complexity index is 967. The Hall–Kier alpha value is -2.65. The van der Waals surface area contributed by atoms with Gasteiger partial charge in [0.2, 0.25) is 0 Å². The lowest BCUT2D eigenvalue weighted by Crippen LogP contribution is -2.45. The van der Waals surface area contributed by atoms with Crippen molar-refractivity contribution in [3.05, 3.63) is 35.2 Å².